The fourth-order valence-corrected chi connectivity index (χ4v) is 4.04. The molecule has 2 heterocycles. The van der Waals surface area contributed by atoms with E-state index in [1.165, 1.54) is 11.3 Å². The molecule has 0 spiro atoms. The Morgan fingerprint density at radius 2 is 1.86 bits per heavy atom. The first-order valence-electron chi connectivity index (χ1n) is 9.31. The summed E-state index contributed by atoms with van der Waals surface area (Å²) in [6.45, 7) is 11.7. The molecule has 0 bridgehead atoms. The van der Waals surface area contributed by atoms with Crippen molar-refractivity contribution in [3.05, 3.63) is 40.3 Å². The normalized spacial score (nSPS) is 15.9. The zero-order valence-electron chi connectivity index (χ0n) is 17.3. The van der Waals surface area contributed by atoms with Crippen LogP contribution in [0.5, 0.6) is 0 Å². The molecule has 0 fully saturated rings. The van der Waals surface area contributed by atoms with Crippen LogP contribution in [0.3, 0.4) is 0 Å². The number of carbonyl (C=O) groups excluding carboxylic acids is 2. The van der Waals surface area contributed by atoms with Crippen molar-refractivity contribution in [2.75, 3.05) is 16.3 Å². The van der Waals surface area contributed by atoms with E-state index >= 15 is 0 Å². The number of nitrogens with zero attached hydrogens (tertiary/aromatic N) is 3. The molecule has 0 saturated carbocycles. The van der Waals surface area contributed by atoms with Gasteiger partial charge >= 0.3 is 6.09 Å². The Morgan fingerprint density at radius 3 is 2.43 bits per heavy atom. The lowest BCUT2D eigenvalue weighted by Crippen LogP contribution is -2.60. The summed E-state index contributed by atoms with van der Waals surface area (Å²) in [6.07, 6.45) is -0.176. The first kappa shape index (κ1) is 20.3. The van der Waals surface area contributed by atoms with Gasteiger partial charge in [0.25, 0.3) is 0 Å². The third kappa shape index (κ3) is 4.19. The SMILES string of the molecule is Cc1nc(CC(=O)N2c3ccccc3N(C(=O)OC(C)(C)C)CC2(C)C)cs1. The number of para-hydroxylation sites is 2. The molecule has 0 saturated heterocycles. The number of carbonyl (C=O) groups is 2. The first-order valence-corrected chi connectivity index (χ1v) is 10.2. The van der Waals surface area contributed by atoms with Gasteiger partial charge in [-0.2, -0.15) is 0 Å². The fourth-order valence-electron chi connectivity index (χ4n) is 3.43. The zero-order valence-corrected chi connectivity index (χ0v) is 18.1. The highest BCUT2D eigenvalue weighted by Crippen LogP contribution is 2.40. The summed E-state index contributed by atoms with van der Waals surface area (Å²) in [5.41, 5.74) is 0.981. The molecule has 0 atom stereocenters. The maximum Gasteiger partial charge on any atom is 0.414 e. The van der Waals surface area contributed by atoms with Gasteiger partial charge in [-0.05, 0) is 53.7 Å². The number of fused-ring (bicyclic) bond motifs is 1. The number of benzene rings is 1. The molecule has 1 aliphatic rings. The molecule has 0 aliphatic carbocycles. The van der Waals surface area contributed by atoms with E-state index in [-0.39, 0.29) is 12.3 Å². The third-order valence-electron chi connectivity index (χ3n) is 4.43. The van der Waals surface area contributed by atoms with Crippen LogP contribution in [-0.2, 0) is 16.0 Å². The maximum atomic E-state index is 13.2. The van der Waals surface area contributed by atoms with Crippen LogP contribution in [0.4, 0.5) is 16.2 Å². The molecule has 28 heavy (non-hydrogen) atoms. The number of anilines is 2. The number of hydrogen-bond donors (Lipinski definition) is 0. The van der Waals surface area contributed by atoms with Crippen LogP contribution in [0.15, 0.2) is 29.6 Å². The largest absolute Gasteiger partial charge is 0.443 e. The van der Waals surface area contributed by atoms with Crippen LogP contribution in [0.25, 0.3) is 0 Å². The van der Waals surface area contributed by atoms with E-state index in [0.29, 0.717) is 17.9 Å². The number of hydrogen-bond acceptors (Lipinski definition) is 5. The summed E-state index contributed by atoms with van der Waals surface area (Å²) in [6, 6.07) is 7.46. The predicted molar refractivity (Wildman–Crippen MR) is 112 cm³/mol. The van der Waals surface area contributed by atoms with Gasteiger partial charge in [0, 0.05) is 5.38 Å². The van der Waals surface area contributed by atoms with Gasteiger partial charge in [0.05, 0.1) is 40.6 Å². The summed E-state index contributed by atoms with van der Waals surface area (Å²) in [5, 5.41) is 2.86. The van der Waals surface area contributed by atoms with E-state index in [2.05, 4.69) is 4.98 Å². The second kappa shape index (κ2) is 7.20. The summed E-state index contributed by atoms with van der Waals surface area (Å²) in [4.78, 5) is 33.9. The van der Waals surface area contributed by atoms with Crippen molar-refractivity contribution >= 4 is 34.7 Å². The van der Waals surface area contributed by atoms with Crippen molar-refractivity contribution in [2.24, 2.45) is 0 Å². The standard InChI is InChI=1S/C21H27N3O3S/c1-14-22-15(12-28-14)11-18(25)24-17-10-8-7-9-16(17)23(13-21(24,5)6)19(26)27-20(2,3)4/h7-10,12H,11,13H2,1-6H3. The first-order chi connectivity index (χ1) is 13.0. The minimum Gasteiger partial charge on any atom is -0.443 e. The van der Waals surface area contributed by atoms with Crippen molar-refractivity contribution < 1.29 is 14.3 Å². The van der Waals surface area contributed by atoms with Crippen molar-refractivity contribution in [2.45, 2.75) is 59.1 Å². The van der Waals surface area contributed by atoms with Crippen LogP contribution in [0.2, 0.25) is 0 Å². The van der Waals surface area contributed by atoms with Crippen LogP contribution in [0, 0.1) is 6.92 Å². The monoisotopic (exact) mass is 401 g/mol. The van der Waals surface area contributed by atoms with Gasteiger partial charge in [-0.25, -0.2) is 9.78 Å². The molecular weight excluding hydrogens is 374 g/mol. The van der Waals surface area contributed by atoms with Crippen LogP contribution in [-0.4, -0.2) is 34.7 Å². The topological polar surface area (TPSA) is 62.7 Å². The van der Waals surface area contributed by atoms with Crippen LogP contribution < -0.4 is 9.80 Å². The molecule has 1 aromatic heterocycles. The lowest BCUT2D eigenvalue weighted by atomic mass is 9.95. The van der Waals surface area contributed by atoms with Gasteiger partial charge in [-0.3, -0.25) is 9.69 Å². The average molecular weight is 402 g/mol. The zero-order chi connectivity index (χ0) is 20.7. The average Bonchev–Trinajstić information content (AvgIpc) is 2.96. The van der Waals surface area contributed by atoms with Crippen LogP contribution in [0.1, 0.15) is 45.3 Å². The van der Waals surface area contributed by atoms with E-state index < -0.39 is 17.2 Å². The molecule has 7 heteroatoms. The third-order valence-corrected chi connectivity index (χ3v) is 5.25. The smallest absolute Gasteiger partial charge is 0.414 e. The van der Waals surface area contributed by atoms with Crippen molar-refractivity contribution in [3.63, 3.8) is 0 Å². The molecule has 2 aromatic rings. The van der Waals surface area contributed by atoms with Gasteiger partial charge in [0.15, 0.2) is 0 Å². The fraction of sp³-hybridized carbons (Fsp3) is 0.476. The molecule has 0 N–H and O–H groups in total. The summed E-state index contributed by atoms with van der Waals surface area (Å²) < 4.78 is 5.60. The number of thiazole rings is 1. The number of rotatable bonds is 2. The molecule has 6 nitrogen and oxygen atoms in total. The number of ether oxygens (including phenoxy) is 1. The van der Waals surface area contributed by atoms with Gasteiger partial charge < -0.3 is 9.64 Å². The molecule has 2 amide bonds. The minimum atomic E-state index is -0.592. The highest BCUT2D eigenvalue weighted by atomic mass is 32.1. The van der Waals surface area contributed by atoms with E-state index in [0.717, 1.165) is 10.7 Å². The van der Waals surface area contributed by atoms with E-state index in [9.17, 15) is 9.59 Å². The maximum absolute atomic E-state index is 13.2. The molecular formula is C21H27N3O3S. The van der Waals surface area contributed by atoms with Crippen molar-refractivity contribution in [3.8, 4) is 0 Å². The highest BCUT2D eigenvalue weighted by Gasteiger charge is 2.43. The van der Waals surface area contributed by atoms with E-state index in [1.54, 1.807) is 9.80 Å². The van der Waals surface area contributed by atoms with E-state index in [1.807, 2.05) is 71.2 Å². The Morgan fingerprint density at radius 1 is 1.21 bits per heavy atom. The molecule has 150 valence electrons. The van der Waals surface area contributed by atoms with Crippen molar-refractivity contribution in [1.29, 1.82) is 0 Å². The van der Waals surface area contributed by atoms with Gasteiger partial charge in [0.1, 0.15) is 5.60 Å². The second-order valence-electron chi connectivity index (χ2n) is 8.63. The number of amides is 2. The Kier molecular flexibility index (Phi) is 5.23. The summed E-state index contributed by atoms with van der Waals surface area (Å²) >= 11 is 1.54. The summed E-state index contributed by atoms with van der Waals surface area (Å²) in [5.74, 6) is -0.0356. The Bertz CT molecular complexity index is 898. The molecule has 0 unspecified atom stereocenters. The van der Waals surface area contributed by atoms with Gasteiger partial charge in [-0.15, -0.1) is 11.3 Å². The quantitative estimate of drug-likeness (QED) is 0.740. The van der Waals surface area contributed by atoms with Crippen molar-refractivity contribution in [1.82, 2.24) is 4.98 Å². The predicted octanol–water partition coefficient (Wildman–Crippen LogP) is 4.56. The van der Waals surface area contributed by atoms with Gasteiger partial charge in [-0.1, -0.05) is 12.1 Å². The Balaban J connectivity index is 1.96. The molecule has 1 aromatic carbocycles. The molecule has 0 radical (unpaired) electrons. The van der Waals surface area contributed by atoms with Crippen LogP contribution >= 0.6 is 11.3 Å². The number of aryl methyl sites for hydroxylation is 1. The van der Waals surface area contributed by atoms with E-state index in [4.69, 9.17) is 4.74 Å². The minimum absolute atomic E-state index is 0.0356. The molecule has 1 aliphatic heterocycles. The lowest BCUT2D eigenvalue weighted by molar-refractivity contribution is -0.119. The lowest BCUT2D eigenvalue weighted by Gasteiger charge is -2.47. The highest BCUT2D eigenvalue weighted by molar-refractivity contribution is 7.09. The Labute approximate surface area is 170 Å². The van der Waals surface area contributed by atoms with Gasteiger partial charge in [0.2, 0.25) is 5.91 Å². The number of aromatic nitrogens is 1. The Hall–Kier alpha value is -2.41. The second-order valence-corrected chi connectivity index (χ2v) is 9.69. The molecule has 3 rings (SSSR count). The summed E-state index contributed by atoms with van der Waals surface area (Å²) in [7, 11) is 0.